The van der Waals surface area contributed by atoms with Crippen LogP contribution in [-0.2, 0) is 16.0 Å². The van der Waals surface area contributed by atoms with Crippen molar-refractivity contribution in [2.75, 3.05) is 27.4 Å². The molecule has 0 spiro atoms. The summed E-state index contributed by atoms with van der Waals surface area (Å²) in [6.45, 7) is 2.03. The molecule has 0 radical (unpaired) electrons. The summed E-state index contributed by atoms with van der Waals surface area (Å²) in [7, 11) is 3.33. The zero-order valence-corrected chi connectivity index (χ0v) is 10.4. The van der Waals surface area contributed by atoms with Crippen LogP contribution in [-0.4, -0.2) is 38.5 Å². The lowest BCUT2D eigenvalue weighted by Gasteiger charge is -2.14. The van der Waals surface area contributed by atoms with Crippen LogP contribution in [0.3, 0.4) is 0 Å². The standard InChI is InChI=1S/C9H15ClN2O2S/c1-13-6-7(14-2)3-11-5-9-12-4-8(10)15-9/h4,7,11H,3,5-6H2,1-2H3. The maximum Gasteiger partial charge on any atom is 0.113 e. The molecular formula is C9H15ClN2O2S. The molecule has 1 heterocycles. The van der Waals surface area contributed by atoms with E-state index in [4.69, 9.17) is 21.1 Å². The Balaban J connectivity index is 2.20. The molecule has 0 fully saturated rings. The van der Waals surface area contributed by atoms with Crippen LogP contribution in [0.4, 0.5) is 0 Å². The first-order chi connectivity index (χ1) is 7.26. The van der Waals surface area contributed by atoms with Crippen LogP contribution in [0, 0.1) is 0 Å². The average Bonchev–Trinajstić information content (AvgIpc) is 2.63. The molecule has 6 heteroatoms. The SMILES string of the molecule is COCC(CNCc1ncc(Cl)s1)OC. The molecule has 0 amide bonds. The van der Waals surface area contributed by atoms with Gasteiger partial charge in [-0.1, -0.05) is 11.6 Å². The molecular weight excluding hydrogens is 236 g/mol. The number of halogens is 1. The van der Waals surface area contributed by atoms with Gasteiger partial charge in [-0.05, 0) is 0 Å². The molecule has 0 saturated heterocycles. The van der Waals surface area contributed by atoms with Crippen LogP contribution in [0.15, 0.2) is 6.20 Å². The number of hydrogen-bond acceptors (Lipinski definition) is 5. The summed E-state index contributed by atoms with van der Waals surface area (Å²) < 4.78 is 10.9. The van der Waals surface area contributed by atoms with Crippen molar-refractivity contribution in [1.29, 1.82) is 0 Å². The minimum absolute atomic E-state index is 0.0745. The highest BCUT2D eigenvalue weighted by Gasteiger charge is 2.06. The van der Waals surface area contributed by atoms with Gasteiger partial charge in [0, 0.05) is 27.3 Å². The Morgan fingerprint density at radius 2 is 2.40 bits per heavy atom. The summed E-state index contributed by atoms with van der Waals surface area (Å²) in [4.78, 5) is 4.14. The fourth-order valence-electron chi connectivity index (χ4n) is 1.11. The highest BCUT2D eigenvalue weighted by Crippen LogP contribution is 2.17. The van der Waals surface area contributed by atoms with Crippen molar-refractivity contribution in [2.24, 2.45) is 0 Å². The highest BCUT2D eigenvalue weighted by molar-refractivity contribution is 7.15. The molecule has 0 bridgehead atoms. The van der Waals surface area contributed by atoms with Crippen LogP contribution in [0.5, 0.6) is 0 Å². The van der Waals surface area contributed by atoms with E-state index in [2.05, 4.69) is 10.3 Å². The number of ether oxygens (including phenoxy) is 2. The second kappa shape index (κ2) is 7.14. The predicted octanol–water partition coefficient (Wildman–Crippen LogP) is 1.55. The summed E-state index contributed by atoms with van der Waals surface area (Å²) >= 11 is 7.24. The van der Waals surface area contributed by atoms with Gasteiger partial charge < -0.3 is 14.8 Å². The highest BCUT2D eigenvalue weighted by atomic mass is 35.5. The molecule has 0 aliphatic carbocycles. The molecule has 1 aromatic rings. The third-order valence-corrected chi connectivity index (χ3v) is 2.97. The fraction of sp³-hybridized carbons (Fsp3) is 0.667. The second-order valence-corrected chi connectivity index (χ2v) is 4.75. The smallest absolute Gasteiger partial charge is 0.113 e. The molecule has 1 atom stereocenters. The number of rotatable bonds is 7. The van der Waals surface area contributed by atoms with E-state index >= 15 is 0 Å². The van der Waals surface area contributed by atoms with E-state index in [1.807, 2.05) is 0 Å². The first kappa shape index (κ1) is 12.9. The third kappa shape index (κ3) is 4.90. The Labute approximate surface area is 98.6 Å². The van der Waals surface area contributed by atoms with Crippen molar-refractivity contribution in [2.45, 2.75) is 12.6 Å². The molecule has 86 valence electrons. The number of nitrogens with one attached hydrogen (secondary N) is 1. The maximum absolute atomic E-state index is 5.76. The molecule has 0 saturated carbocycles. The normalized spacial score (nSPS) is 13.0. The predicted molar refractivity (Wildman–Crippen MR) is 61.5 cm³/mol. The van der Waals surface area contributed by atoms with Crippen LogP contribution in [0.2, 0.25) is 4.34 Å². The van der Waals surface area contributed by atoms with Crippen molar-refractivity contribution >= 4 is 22.9 Å². The molecule has 0 aromatic carbocycles. The van der Waals surface area contributed by atoms with Gasteiger partial charge in [-0.15, -0.1) is 11.3 Å². The molecule has 0 aliphatic rings. The minimum atomic E-state index is 0.0745. The summed E-state index contributed by atoms with van der Waals surface area (Å²) in [5, 5.41) is 4.21. The van der Waals surface area contributed by atoms with Gasteiger partial charge >= 0.3 is 0 Å². The van der Waals surface area contributed by atoms with Crippen molar-refractivity contribution in [1.82, 2.24) is 10.3 Å². The Bertz CT molecular complexity index is 283. The monoisotopic (exact) mass is 250 g/mol. The largest absolute Gasteiger partial charge is 0.382 e. The maximum atomic E-state index is 5.76. The molecule has 4 nitrogen and oxygen atoms in total. The lowest BCUT2D eigenvalue weighted by Crippen LogP contribution is -2.31. The first-order valence-corrected chi connectivity index (χ1v) is 5.78. The average molecular weight is 251 g/mol. The van der Waals surface area contributed by atoms with Crippen LogP contribution >= 0.6 is 22.9 Å². The minimum Gasteiger partial charge on any atom is -0.382 e. The van der Waals surface area contributed by atoms with E-state index in [1.54, 1.807) is 20.4 Å². The number of nitrogens with zero attached hydrogens (tertiary/aromatic N) is 1. The lowest BCUT2D eigenvalue weighted by atomic mass is 10.3. The van der Waals surface area contributed by atoms with E-state index < -0.39 is 0 Å². The third-order valence-electron chi connectivity index (χ3n) is 1.86. The Morgan fingerprint density at radius 3 is 2.93 bits per heavy atom. The topological polar surface area (TPSA) is 43.4 Å². The Hall–Kier alpha value is -0.200. The van der Waals surface area contributed by atoms with Gasteiger partial charge in [-0.3, -0.25) is 0 Å². The van der Waals surface area contributed by atoms with Gasteiger partial charge in [-0.25, -0.2) is 4.98 Å². The van der Waals surface area contributed by atoms with Gasteiger partial charge in [0.15, 0.2) is 0 Å². The van der Waals surface area contributed by atoms with E-state index in [9.17, 15) is 0 Å². The summed E-state index contributed by atoms with van der Waals surface area (Å²) in [5.74, 6) is 0. The van der Waals surface area contributed by atoms with Gasteiger partial charge in [0.05, 0.1) is 18.9 Å². The van der Waals surface area contributed by atoms with E-state index in [-0.39, 0.29) is 6.10 Å². The number of methoxy groups -OCH3 is 2. The number of thiazole rings is 1. The molecule has 1 unspecified atom stereocenters. The second-order valence-electron chi connectivity index (χ2n) is 3.00. The number of aromatic nitrogens is 1. The molecule has 1 aromatic heterocycles. The van der Waals surface area contributed by atoms with Gasteiger partial charge in [0.2, 0.25) is 0 Å². The summed E-state index contributed by atoms with van der Waals surface area (Å²) in [6.07, 6.45) is 1.73. The summed E-state index contributed by atoms with van der Waals surface area (Å²) in [6, 6.07) is 0. The van der Waals surface area contributed by atoms with Crippen LogP contribution in [0.25, 0.3) is 0 Å². The van der Waals surface area contributed by atoms with Gasteiger partial charge in [-0.2, -0.15) is 0 Å². The zero-order valence-electron chi connectivity index (χ0n) is 8.83. The van der Waals surface area contributed by atoms with Crippen molar-refractivity contribution < 1.29 is 9.47 Å². The van der Waals surface area contributed by atoms with E-state index in [0.717, 1.165) is 11.6 Å². The van der Waals surface area contributed by atoms with Crippen molar-refractivity contribution in [3.8, 4) is 0 Å². The molecule has 0 aliphatic heterocycles. The molecule has 1 N–H and O–H groups in total. The Morgan fingerprint density at radius 1 is 1.60 bits per heavy atom. The zero-order chi connectivity index (χ0) is 11.1. The lowest BCUT2D eigenvalue weighted by molar-refractivity contribution is 0.0288. The van der Waals surface area contributed by atoms with Crippen molar-refractivity contribution in [3.05, 3.63) is 15.5 Å². The summed E-state index contributed by atoms with van der Waals surface area (Å²) in [5.41, 5.74) is 0. The molecule has 15 heavy (non-hydrogen) atoms. The quantitative estimate of drug-likeness (QED) is 0.798. The number of hydrogen-bond donors (Lipinski definition) is 1. The Kier molecular flexibility index (Phi) is 6.12. The van der Waals surface area contributed by atoms with E-state index in [1.165, 1.54) is 11.3 Å². The van der Waals surface area contributed by atoms with Gasteiger partial charge in [0.25, 0.3) is 0 Å². The van der Waals surface area contributed by atoms with Gasteiger partial charge in [0.1, 0.15) is 9.34 Å². The van der Waals surface area contributed by atoms with Crippen molar-refractivity contribution in [3.63, 3.8) is 0 Å². The molecule has 1 rings (SSSR count). The fourth-order valence-corrected chi connectivity index (χ4v) is 2.03. The first-order valence-electron chi connectivity index (χ1n) is 4.59. The van der Waals surface area contributed by atoms with Crippen LogP contribution in [0.1, 0.15) is 5.01 Å². The van der Waals surface area contributed by atoms with Crippen LogP contribution < -0.4 is 5.32 Å². The van der Waals surface area contributed by atoms with E-state index in [0.29, 0.717) is 17.5 Å².